The summed E-state index contributed by atoms with van der Waals surface area (Å²) in [5.41, 5.74) is 2.73. The minimum Gasteiger partial charge on any atom is -0.495 e. The lowest BCUT2D eigenvalue weighted by molar-refractivity contribution is 0.416. The summed E-state index contributed by atoms with van der Waals surface area (Å²) in [6, 6.07) is 10.4. The van der Waals surface area contributed by atoms with Gasteiger partial charge in [0.05, 0.1) is 18.8 Å². The zero-order chi connectivity index (χ0) is 15.4. The first-order chi connectivity index (χ1) is 10.0. The van der Waals surface area contributed by atoms with E-state index in [9.17, 15) is 4.39 Å². The number of halogens is 2. The van der Waals surface area contributed by atoms with Crippen LogP contribution in [0.1, 0.15) is 30.5 Å². The number of ether oxygens (including phenoxy) is 1. The van der Waals surface area contributed by atoms with E-state index in [0.29, 0.717) is 10.8 Å². The Morgan fingerprint density at radius 1 is 1.29 bits per heavy atom. The molecule has 21 heavy (non-hydrogen) atoms. The molecule has 0 aliphatic heterocycles. The van der Waals surface area contributed by atoms with Gasteiger partial charge in [-0.15, -0.1) is 0 Å². The van der Waals surface area contributed by atoms with Gasteiger partial charge in [0.1, 0.15) is 11.6 Å². The van der Waals surface area contributed by atoms with Gasteiger partial charge in [-0.1, -0.05) is 30.7 Å². The lowest BCUT2D eigenvalue weighted by Crippen LogP contribution is -2.11. The van der Waals surface area contributed by atoms with Crippen LogP contribution in [0.4, 0.5) is 10.1 Å². The van der Waals surface area contributed by atoms with Crippen LogP contribution in [0.3, 0.4) is 0 Å². The second-order valence-corrected chi connectivity index (χ2v) is 5.37. The number of aryl methyl sites for hydroxylation is 1. The number of hydrogen-bond acceptors (Lipinski definition) is 2. The van der Waals surface area contributed by atoms with Gasteiger partial charge in [0, 0.05) is 11.1 Å². The van der Waals surface area contributed by atoms with Crippen molar-refractivity contribution in [2.45, 2.75) is 26.3 Å². The molecule has 1 N–H and O–H groups in total. The fourth-order valence-corrected chi connectivity index (χ4v) is 2.43. The van der Waals surface area contributed by atoms with Crippen LogP contribution in [0.25, 0.3) is 0 Å². The summed E-state index contributed by atoms with van der Waals surface area (Å²) < 4.78 is 18.8. The van der Waals surface area contributed by atoms with Gasteiger partial charge in [-0.2, -0.15) is 0 Å². The molecule has 0 spiro atoms. The van der Waals surface area contributed by atoms with Crippen LogP contribution < -0.4 is 10.1 Å². The van der Waals surface area contributed by atoms with Crippen LogP contribution in [-0.4, -0.2) is 7.11 Å². The highest BCUT2D eigenvalue weighted by Crippen LogP contribution is 2.34. The minimum atomic E-state index is -0.230. The van der Waals surface area contributed by atoms with Gasteiger partial charge in [0.25, 0.3) is 0 Å². The van der Waals surface area contributed by atoms with Crippen molar-refractivity contribution >= 4 is 17.3 Å². The summed E-state index contributed by atoms with van der Waals surface area (Å²) in [7, 11) is 1.61. The molecule has 2 rings (SSSR count). The lowest BCUT2D eigenvalue weighted by atomic mass is 10.0. The average Bonchev–Trinajstić information content (AvgIpc) is 2.47. The molecule has 112 valence electrons. The predicted molar refractivity (Wildman–Crippen MR) is 85.8 cm³/mol. The van der Waals surface area contributed by atoms with Crippen LogP contribution in [0.15, 0.2) is 36.4 Å². The van der Waals surface area contributed by atoms with Crippen molar-refractivity contribution in [3.63, 3.8) is 0 Å². The molecule has 0 heterocycles. The largest absolute Gasteiger partial charge is 0.495 e. The number of methoxy groups -OCH3 is 1. The molecular weight excluding hydrogens is 289 g/mol. The summed E-state index contributed by atoms with van der Waals surface area (Å²) in [6.07, 6.45) is 0.828. The van der Waals surface area contributed by atoms with Crippen molar-refractivity contribution in [3.05, 3.63) is 58.4 Å². The summed E-state index contributed by atoms with van der Waals surface area (Å²) in [4.78, 5) is 0. The lowest BCUT2D eigenvalue weighted by Gasteiger charge is -2.21. The third-order valence-electron chi connectivity index (χ3n) is 3.47. The first-order valence-corrected chi connectivity index (χ1v) is 7.29. The third-order valence-corrected chi connectivity index (χ3v) is 3.88. The van der Waals surface area contributed by atoms with Crippen molar-refractivity contribution in [3.8, 4) is 5.75 Å². The smallest absolute Gasteiger partial charge is 0.143 e. The molecule has 2 aromatic carbocycles. The van der Waals surface area contributed by atoms with E-state index in [0.717, 1.165) is 23.2 Å². The number of benzene rings is 2. The van der Waals surface area contributed by atoms with E-state index in [1.54, 1.807) is 25.3 Å². The maximum absolute atomic E-state index is 13.4. The van der Waals surface area contributed by atoms with Gasteiger partial charge in [-0.3, -0.25) is 0 Å². The normalized spacial score (nSPS) is 12.0. The fourth-order valence-electron chi connectivity index (χ4n) is 2.28. The van der Waals surface area contributed by atoms with Gasteiger partial charge >= 0.3 is 0 Å². The monoisotopic (exact) mass is 307 g/mol. The van der Waals surface area contributed by atoms with Gasteiger partial charge in [-0.05, 0) is 42.7 Å². The Balaban J connectivity index is 2.32. The van der Waals surface area contributed by atoms with E-state index in [1.165, 1.54) is 6.07 Å². The van der Waals surface area contributed by atoms with Crippen LogP contribution in [0, 0.1) is 12.7 Å². The molecular formula is C17H19ClFNO. The molecule has 0 aromatic heterocycles. The first kappa shape index (κ1) is 15.6. The zero-order valence-electron chi connectivity index (χ0n) is 12.4. The van der Waals surface area contributed by atoms with Gasteiger partial charge < -0.3 is 10.1 Å². The molecule has 4 heteroatoms. The zero-order valence-corrected chi connectivity index (χ0v) is 13.2. The molecule has 0 aliphatic carbocycles. The van der Waals surface area contributed by atoms with Crippen molar-refractivity contribution in [1.29, 1.82) is 0 Å². The third kappa shape index (κ3) is 3.67. The van der Waals surface area contributed by atoms with E-state index >= 15 is 0 Å². The highest BCUT2D eigenvalue weighted by Gasteiger charge is 2.14. The highest BCUT2D eigenvalue weighted by atomic mass is 35.5. The quantitative estimate of drug-likeness (QED) is 0.803. The van der Waals surface area contributed by atoms with E-state index in [-0.39, 0.29) is 11.9 Å². The van der Waals surface area contributed by atoms with Crippen LogP contribution >= 0.6 is 11.6 Å². The Labute approximate surface area is 129 Å². The fraction of sp³-hybridized carbons (Fsp3) is 0.294. The maximum Gasteiger partial charge on any atom is 0.143 e. The van der Waals surface area contributed by atoms with Crippen molar-refractivity contribution < 1.29 is 9.13 Å². The molecule has 0 fully saturated rings. The second kappa shape index (κ2) is 6.81. The van der Waals surface area contributed by atoms with Crippen molar-refractivity contribution in [2.24, 2.45) is 0 Å². The molecule has 0 bridgehead atoms. The number of hydrogen-bond donors (Lipinski definition) is 1. The number of rotatable bonds is 5. The Morgan fingerprint density at radius 2 is 2.05 bits per heavy atom. The van der Waals surface area contributed by atoms with E-state index in [2.05, 4.69) is 12.2 Å². The second-order valence-electron chi connectivity index (χ2n) is 4.96. The maximum atomic E-state index is 13.4. The van der Waals surface area contributed by atoms with Gasteiger partial charge in [0.15, 0.2) is 0 Å². The topological polar surface area (TPSA) is 21.3 Å². The number of nitrogens with one attached hydrogen (secondary N) is 1. The highest BCUT2D eigenvalue weighted by molar-refractivity contribution is 6.31. The Bertz CT molecular complexity index is 630. The van der Waals surface area contributed by atoms with E-state index in [1.807, 2.05) is 19.1 Å². The molecule has 0 saturated heterocycles. The predicted octanol–water partition coefficient (Wildman–Crippen LogP) is 5.36. The Hall–Kier alpha value is -1.74. The van der Waals surface area contributed by atoms with Gasteiger partial charge in [0.2, 0.25) is 0 Å². The molecule has 0 saturated carbocycles. The molecule has 2 aromatic rings. The SMILES string of the molecule is CCC(Nc1cc(C)c(Cl)cc1OC)c1cccc(F)c1. The van der Waals surface area contributed by atoms with Crippen LogP contribution in [0.2, 0.25) is 5.02 Å². The standard InChI is InChI=1S/C17H19ClFNO/c1-4-15(12-6-5-7-13(19)9-12)20-16-8-11(2)14(18)10-17(16)21-3/h5-10,15,20H,4H2,1-3H3. The molecule has 0 amide bonds. The molecule has 0 radical (unpaired) electrons. The summed E-state index contributed by atoms with van der Waals surface area (Å²) >= 11 is 6.12. The summed E-state index contributed by atoms with van der Waals surface area (Å²) in [5, 5.41) is 4.07. The van der Waals surface area contributed by atoms with Crippen molar-refractivity contribution in [2.75, 3.05) is 12.4 Å². The first-order valence-electron chi connectivity index (χ1n) is 6.91. The van der Waals surface area contributed by atoms with E-state index in [4.69, 9.17) is 16.3 Å². The average molecular weight is 308 g/mol. The van der Waals surface area contributed by atoms with Gasteiger partial charge in [-0.25, -0.2) is 4.39 Å². The van der Waals surface area contributed by atoms with E-state index < -0.39 is 0 Å². The molecule has 1 atom stereocenters. The molecule has 2 nitrogen and oxygen atoms in total. The minimum absolute atomic E-state index is 0.00942. The Kier molecular flexibility index (Phi) is 5.07. The molecule has 1 unspecified atom stereocenters. The summed E-state index contributed by atoms with van der Waals surface area (Å²) in [6.45, 7) is 3.99. The molecule has 0 aliphatic rings. The Morgan fingerprint density at radius 3 is 2.67 bits per heavy atom. The van der Waals surface area contributed by atoms with Crippen molar-refractivity contribution in [1.82, 2.24) is 0 Å². The summed E-state index contributed by atoms with van der Waals surface area (Å²) in [5.74, 6) is 0.451. The van der Waals surface area contributed by atoms with Crippen LogP contribution in [0.5, 0.6) is 5.75 Å². The number of anilines is 1. The van der Waals surface area contributed by atoms with Crippen LogP contribution in [-0.2, 0) is 0 Å².